The van der Waals surface area contributed by atoms with Crippen molar-refractivity contribution in [1.82, 2.24) is 9.88 Å². The molecular formula is C9H17N3S. The molecule has 1 heterocycles. The lowest BCUT2D eigenvalue weighted by molar-refractivity contribution is 0.406. The Morgan fingerprint density at radius 1 is 1.62 bits per heavy atom. The first kappa shape index (κ1) is 10.6. The molecule has 0 amide bonds. The fourth-order valence-corrected chi connectivity index (χ4v) is 2.29. The van der Waals surface area contributed by atoms with Gasteiger partial charge in [0.2, 0.25) is 0 Å². The summed E-state index contributed by atoms with van der Waals surface area (Å²) >= 11 is 1.76. The highest BCUT2D eigenvalue weighted by Crippen LogP contribution is 2.15. The molecule has 0 saturated carbocycles. The Hall–Kier alpha value is -0.450. The molecule has 0 saturated heterocycles. The van der Waals surface area contributed by atoms with Gasteiger partial charge in [-0.15, -0.1) is 11.3 Å². The maximum Gasteiger partial charge on any atom is 0.0943 e. The van der Waals surface area contributed by atoms with Gasteiger partial charge in [0.1, 0.15) is 0 Å². The lowest BCUT2D eigenvalue weighted by atomic mass is 10.3. The molecule has 2 N–H and O–H groups in total. The SMILES string of the molecule is C[C@@H](N)Cc1ncc(CN(C)C)s1. The van der Waals surface area contributed by atoms with Crippen molar-refractivity contribution in [2.75, 3.05) is 14.1 Å². The lowest BCUT2D eigenvalue weighted by Crippen LogP contribution is -2.17. The predicted molar refractivity (Wildman–Crippen MR) is 56.9 cm³/mol. The van der Waals surface area contributed by atoms with Gasteiger partial charge < -0.3 is 10.6 Å². The van der Waals surface area contributed by atoms with E-state index in [1.165, 1.54) is 4.88 Å². The third-order valence-corrected chi connectivity index (χ3v) is 2.57. The largest absolute Gasteiger partial charge is 0.328 e. The van der Waals surface area contributed by atoms with E-state index in [1.54, 1.807) is 11.3 Å². The van der Waals surface area contributed by atoms with E-state index in [1.807, 2.05) is 13.1 Å². The van der Waals surface area contributed by atoms with Gasteiger partial charge in [-0.25, -0.2) is 4.98 Å². The van der Waals surface area contributed by atoms with Crippen molar-refractivity contribution in [1.29, 1.82) is 0 Å². The van der Waals surface area contributed by atoms with E-state index in [0.29, 0.717) is 0 Å². The molecule has 0 unspecified atom stereocenters. The lowest BCUT2D eigenvalue weighted by Gasteiger charge is -2.05. The van der Waals surface area contributed by atoms with Crippen LogP contribution in [-0.2, 0) is 13.0 Å². The number of hydrogen-bond donors (Lipinski definition) is 1. The Balaban J connectivity index is 2.53. The van der Waals surface area contributed by atoms with Crippen molar-refractivity contribution in [3.05, 3.63) is 16.1 Å². The number of nitrogens with zero attached hydrogens (tertiary/aromatic N) is 2. The first-order valence-electron chi connectivity index (χ1n) is 4.42. The van der Waals surface area contributed by atoms with Crippen molar-refractivity contribution in [3.8, 4) is 0 Å². The molecule has 0 spiro atoms. The fraction of sp³-hybridized carbons (Fsp3) is 0.667. The quantitative estimate of drug-likeness (QED) is 0.789. The molecule has 0 bridgehead atoms. The first-order valence-corrected chi connectivity index (χ1v) is 5.23. The minimum Gasteiger partial charge on any atom is -0.328 e. The summed E-state index contributed by atoms with van der Waals surface area (Å²) in [5, 5.41) is 1.15. The second kappa shape index (κ2) is 4.69. The molecule has 0 fully saturated rings. The van der Waals surface area contributed by atoms with Crippen LogP contribution in [0.1, 0.15) is 16.8 Å². The van der Waals surface area contributed by atoms with Gasteiger partial charge in [0, 0.05) is 30.1 Å². The third-order valence-electron chi connectivity index (χ3n) is 1.57. The van der Waals surface area contributed by atoms with E-state index in [4.69, 9.17) is 5.73 Å². The highest BCUT2D eigenvalue weighted by Gasteiger charge is 2.04. The molecule has 1 rings (SSSR count). The molecule has 13 heavy (non-hydrogen) atoms. The van der Waals surface area contributed by atoms with Crippen molar-refractivity contribution < 1.29 is 0 Å². The summed E-state index contributed by atoms with van der Waals surface area (Å²) in [5.74, 6) is 0. The zero-order chi connectivity index (χ0) is 9.84. The first-order chi connectivity index (χ1) is 6.08. The van der Waals surface area contributed by atoms with Gasteiger partial charge in [0.15, 0.2) is 0 Å². The van der Waals surface area contributed by atoms with Gasteiger partial charge in [-0.2, -0.15) is 0 Å². The number of rotatable bonds is 4. The summed E-state index contributed by atoms with van der Waals surface area (Å²) in [4.78, 5) is 7.77. The predicted octanol–water partition coefficient (Wildman–Crippen LogP) is 1.09. The van der Waals surface area contributed by atoms with E-state index in [9.17, 15) is 0 Å². The molecule has 3 nitrogen and oxygen atoms in total. The van der Waals surface area contributed by atoms with Crippen LogP contribution in [0.5, 0.6) is 0 Å². The summed E-state index contributed by atoms with van der Waals surface area (Å²) in [7, 11) is 4.12. The molecule has 4 heteroatoms. The van der Waals surface area contributed by atoms with Crippen LogP contribution in [0.25, 0.3) is 0 Å². The Kier molecular flexibility index (Phi) is 3.84. The number of thiazole rings is 1. The van der Waals surface area contributed by atoms with Crippen LogP contribution in [0.15, 0.2) is 6.20 Å². The molecule has 1 aromatic heterocycles. The van der Waals surface area contributed by atoms with E-state index in [-0.39, 0.29) is 6.04 Å². The maximum absolute atomic E-state index is 5.69. The van der Waals surface area contributed by atoms with Crippen molar-refractivity contribution >= 4 is 11.3 Å². The van der Waals surface area contributed by atoms with Crippen LogP contribution < -0.4 is 5.73 Å². The summed E-state index contributed by atoms with van der Waals surface area (Å²) in [6.45, 7) is 2.98. The van der Waals surface area contributed by atoms with Crippen LogP contribution in [-0.4, -0.2) is 30.0 Å². The van der Waals surface area contributed by atoms with Crippen LogP contribution in [0.4, 0.5) is 0 Å². The van der Waals surface area contributed by atoms with Crippen molar-refractivity contribution in [2.24, 2.45) is 5.73 Å². The Morgan fingerprint density at radius 2 is 2.31 bits per heavy atom. The van der Waals surface area contributed by atoms with Gasteiger partial charge in [0.05, 0.1) is 5.01 Å². The monoisotopic (exact) mass is 199 g/mol. The van der Waals surface area contributed by atoms with Gasteiger partial charge in [0.25, 0.3) is 0 Å². The summed E-state index contributed by atoms with van der Waals surface area (Å²) in [6, 6.07) is 0.207. The molecule has 0 aliphatic carbocycles. The van der Waals surface area contributed by atoms with Crippen LogP contribution in [0.2, 0.25) is 0 Å². The molecule has 1 atom stereocenters. The average Bonchev–Trinajstić information content (AvgIpc) is 2.33. The molecule has 1 aromatic rings. The number of aromatic nitrogens is 1. The molecule has 0 aliphatic rings. The van der Waals surface area contributed by atoms with Crippen LogP contribution >= 0.6 is 11.3 Å². The topological polar surface area (TPSA) is 42.1 Å². The standard InChI is InChI=1S/C9H17N3S/c1-7(10)4-9-11-5-8(13-9)6-12(2)3/h5,7H,4,6,10H2,1-3H3/t7-/m1/s1. The summed E-state index contributed by atoms with van der Waals surface area (Å²) < 4.78 is 0. The highest BCUT2D eigenvalue weighted by molar-refractivity contribution is 7.11. The van der Waals surface area contributed by atoms with Crippen LogP contribution in [0.3, 0.4) is 0 Å². The van der Waals surface area contributed by atoms with Crippen LogP contribution in [0, 0.1) is 0 Å². The highest BCUT2D eigenvalue weighted by atomic mass is 32.1. The second-order valence-corrected chi connectivity index (χ2v) is 4.84. The Morgan fingerprint density at radius 3 is 2.85 bits per heavy atom. The van der Waals surface area contributed by atoms with Gasteiger partial charge in [-0.3, -0.25) is 0 Å². The van der Waals surface area contributed by atoms with E-state index < -0.39 is 0 Å². The zero-order valence-corrected chi connectivity index (χ0v) is 9.27. The third kappa shape index (κ3) is 3.85. The zero-order valence-electron chi connectivity index (χ0n) is 8.45. The molecule has 0 radical (unpaired) electrons. The van der Waals surface area contributed by atoms with Crippen molar-refractivity contribution in [3.63, 3.8) is 0 Å². The minimum absolute atomic E-state index is 0.207. The maximum atomic E-state index is 5.69. The Bertz CT molecular complexity index is 231. The van der Waals surface area contributed by atoms with E-state index >= 15 is 0 Å². The summed E-state index contributed by atoms with van der Waals surface area (Å²) in [5.41, 5.74) is 5.69. The second-order valence-electron chi connectivity index (χ2n) is 3.64. The smallest absolute Gasteiger partial charge is 0.0943 e. The molecule has 74 valence electrons. The summed E-state index contributed by atoms with van der Waals surface area (Å²) in [6.07, 6.45) is 2.83. The molecule has 0 aromatic carbocycles. The van der Waals surface area contributed by atoms with Gasteiger partial charge >= 0.3 is 0 Å². The number of nitrogens with two attached hydrogens (primary N) is 1. The molecular weight excluding hydrogens is 182 g/mol. The number of hydrogen-bond acceptors (Lipinski definition) is 4. The fourth-order valence-electron chi connectivity index (χ4n) is 1.10. The van der Waals surface area contributed by atoms with Gasteiger partial charge in [-0.05, 0) is 21.0 Å². The van der Waals surface area contributed by atoms with Crippen molar-refractivity contribution in [2.45, 2.75) is 25.9 Å². The Labute approximate surface area is 83.6 Å². The normalized spacial score (nSPS) is 13.6. The minimum atomic E-state index is 0.207. The van der Waals surface area contributed by atoms with E-state index in [2.05, 4.69) is 24.0 Å². The average molecular weight is 199 g/mol. The van der Waals surface area contributed by atoms with Gasteiger partial charge in [-0.1, -0.05) is 0 Å². The molecule has 0 aliphatic heterocycles. The van der Waals surface area contributed by atoms with E-state index in [0.717, 1.165) is 18.0 Å².